The summed E-state index contributed by atoms with van der Waals surface area (Å²) in [7, 11) is 1.49. The van der Waals surface area contributed by atoms with E-state index >= 15 is 0 Å². The fourth-order valence-corrected chi connectivity index (χ4v) is 4.48. The van der Waals surface area contributed by atoms with Crippen molar-refractivity contribution in [3.63, 3.8) is 0 Å². The van der Waals surface area contributed by atoms with Gasteiger partial charge in [-0.2, -0.15) is 0 Å². The summed E-state index contributed by atoms with van der Waals surface area (Å²) < 4.78 is 6.46. The lowest BCUT2D eigenvalue weighted by Crippen LogP contribution is -2.28. The lowest BCUT2D eigenvalue weighted by molar-refractivity contribution is -0.293. The number of thiazole rings is 1. The van der Waals surface area contributed by atoms with Crippen molar-refractivity contribution in [2.45, 2.75) is 77.5 Å². The maximum absolute atomic E-state index is 12.2. The van der Waals surface area contributed by atoms with E-state index in [2.05, 4.69) is 29.4 Å². The van der Waals surface area contributed by atoms with E-state index in [4.69, 9.17) is 25.2 Å². The van der Waals surface area contributed by atoms with E-state index in [-0.39, 0.29) is 36.6 Å². The number of ether oxygens (including phenoxy) is 1. The highest BCUT2D eigenvalue weighted by atomic mass is 79.9. The van der Waals surface area contributed by atoms with Crippen LogP contribution in [-0.2, 0) is 25.7 Å². The molecular weight excluding hydrogens is 480 g/mol. The smallest absolute Gasteiger partial charge is 0.307 e. The molecule has 2 N–H and O–H groups in total. The number of esters is 1. The van der Waals surface area contributed by atoms with Crippen LogP contribution in [0.25, 0.3) is 0 Å². The molecule has 0 spiro atoms. The first kappa shape index (κ1) is 27.7. The summed E-state index contributed by atoms with van der Waals surface area (Å²) in [4.78, 5) is 27.0. The molecule has 0 aromatic carbocycles. The van der Waals surface area contributed by atoms with Crippen molar-refractivity contribution in [2.24, 2.45) is 5.73 Å². The third kappa shape index (κ3) is 11.8. The fourth-order valence-electron chi connectivity index (χ4n) is 3.23. The zero-order chi connectivity index (χ0) is 23.4. The van der Waals surface area contributed by atoms with Crippen LogP contribution in [0.2, 0.25) is 0 Å². The second-order valence-corrected chi connectivity index (χ2v) is 9.97. The number of carbonyl (C=O) groups excluding carboxylic acids is 1. The second-order valence-electron chi connectivity index (χ2n) is 7.78. The molecule has 0 aliphatic heterocycles. The molecule has 1 aromatic rings. The van der Waals surface area contributed by atoms with Crippen molar-refractivity contribution in [1.82, 2.24) is 4.98 Å². The number of rotatable bonds is 14. The van der Waals surface area contributed by atoms with Gasteiger partial charge in [-0.1, -0.05) is 47.2 Å². The fraction of sp³-hybridized carbons (Fsp3) is 0.565. The molecule has 0 saturated heterocycles. The lowest BCUT2D eigenvalue weighted by Gasteiger charge is -2.18. The zero-order valence-electron chi connectivity index (χ0n) is 19.1. The van der Waals surface area contributed by atoms with Crippen LogP contribution in [0.3, 0.4) is 0 Å². The molecule has 1 rings (SSSR count). The Labute approximate surface area is 198 Å². The molecule has 2 unspecified atom stereocenters. The highest BCUT2D eigenvalue weighted by Gasteiger charge is 2.20. The van der Waals surface area contributed by atoms with E-state index in [1.807, 2.05) is 38.3 Å². The molecule has 0 bridgehead atoms. The Morgan fingerprint density at radius 3 is 2.68 bits per heavy atom. The highest BCUT2D eigenvalue weighted by Crippen LogP contribution is 2.25. The monoisotopic (exact) mass is 514 g/mol. The Morgan fingerprint density at radius 2 is 2.06 bits per heavy atom. The van der Waals surface area contributed by atoms with Crippen LogP contribution in [-0.4, -0.2) is 36.3 Å². The first-order valence-corrected chi connectivity index (χ1v) is 12.0. The molecule has 31 heavy (non-hydrogen) atoms. The van der Waals surface area contributed by atoms with Crippen molar-refractivity contribution < 1.29 is 19.3 Å². The van der Waals surface area contributed by atoms with Gasteiger partial charge in [0.1, 0.15) is 12.2 Å². The van der Waals surface area contributed by atoms with Crippen LogP contribution in [0, 0.1) is 0 Å². The molecule has 0 aliphatic rings. The summed E-state index contributed by atoms with van der Waals surface area (Å²) >= 11 is 5.00. The molecule has 174 valence electrons. The number of carbonyl (C=O) groups is 1. The number of hydrogen-bond acceptors (Lipinski definition) is 7. The predicted molar refractivity (Wildman–Crippen MR) is 130 cm³/mol. The van der Waals surface area contributed by atoms with Crippen molar-refractivity contribution >= 4 is 33.2 Å². The minimum Gasteiger partial charge on any atom is -0.462 e. The molecule has 0 saturated carbocycles. The molecule has 0 aliphatic carbocycles. The highest BCUT2D eigenvalue weighted by molar-refractivity contribution is 9.11. The normalized spacial score (nSPS) is 16.5. The topological polar surface area (TPSA) is 83.7 Å². The van der Waals surface area contributed by atoms with Crippen LogP contribution in [0.1, 0.15) is 63.6 Å². The Hall–Kier alpha value is -1.32. The van der Waals surface area contributed by atoms with Crippen molar-refractivity contribution in [2.75, 3.05) is 7.11 Å². The summed E-state index contributed by atoms with van der Waals surface area (Å²) in [5.74, 6) is -0.132. The third-order valence-corrected chi connectivity index (χ3v) is 5.67. The van der Waals surface area contributed by atoms with E-state index in [0.29, 0.717) is 19.3 Å². The number of halogens is 1. The first-order chi connectivity index (χ1) is 14.6. The average Bonchev–Trinajstić information content (AvgIpc) is 3.09. The minimum atomic E-state index is -0.284. The molecule has 8 heteroatoms. The molecule has 4 atom stereocenters. The van der Waals surface area contributed by atoms with Gasteiger partial charge in [0.05, 0.1) is 24.2 Å². The summed E-state index contributed by atoms with van der Waals surface area (Å²) in [6.45, 7) is 11.6. The van der Waals surface area contributed by atoms with Gasteiger partial charge >= 0.3 is 5.97 Å². The Morgan fingerprint density at radius 1 is 1.35 bits per heavy atom. The van der Waals surface area contributed by atoms with Crippen molar-refractivity contribution in [3.8, 4) is 0 Å². The zero-order valence-corrected chi connectivity index (χ0v) is 21.5. The molecule has 0 fully saturated rings. The van der Waals surface area contributed by atoms with Gasteiger partial charge in [-0.25, -0.2) is 14.8 Å². The third-order valence-electron chi connectivity index (χ3n) is 4.52. The van der Waals surface area contributed by atoms with Gasteiger partial charge in [0.25, 0.3) is 0 Å². The average molecular weight is 516 g/mol. The number of nitrogens with two attached hydrogens (primary N) is 1. The van der Waals surface area contributed by atoms with Crippen LogP contribution in [0.5, 0.6) is 0 Å². The van der Waals surface area contributed by atoms with E-state index in [9.17, 15) is 4.79 Å². The first-order valence-electron chi connectivity index (χ1n) is 10.4. The van der Waals surface area contributed by atoms with Gasteiger partial charge in [0.15, 0.2) is 0 Å². The summed E-state index contributed by atoms with van der Waals surface area (Å²) in [5, 5.41) is 3.00. The number of nitrogens with zero attached hydrogens (tertiary/aromatic N) is 1. The lowest BCUT2D eigenvalue weighted by atomic mass is 9.98. The summed E-state index contributed by atoms with van der Waals surface area (Å²) in [6, 6.07) is -0.284. The second kappa shape index (κ2) is 14.7. The van der Waals surface area contributed by atoms with Crippen LogP contribution in [0.4, 0.5) is 0 Å². The minimum absolute atomic E-state index is 0.137. The number of hydrogen-bond donors (Lipinski definition) is 1. The molecule has 1 aromatic heterocycles. The Bertz CT molecular complexity index is 759. The largest absolute Gasteiger partial charge is 0.462 e. The predicted octanol–water partition coefficient (Wildman–Crippen LogP) is 5.60. The quantitative estimate of drug-likeness (QED) is 0.150. The summed E-state index contributed by atoms with van der Waals surface area (Å²) in [6.07, 6.45) is 7.32. The van der Waals surface area contributed by atoms with Gasteiger partial charge in [-0.05, 0) is 37.8 Å². The van der Waals surface area contributed by atoms with E-state index in [0.717, 1.165) is 20.8 Å². The maximum atomic E-state index is 12.2. The number of aromatic nitrogens is 1. The number of allylic oxidation sites excluding steroid dienone is 3. The van der Waals surface area contributed by atoms with Gasteiger partial charge in [0.2, 0.25) is 0 Å². The van der Waals surface area contributed by atoms with Crippen molar-refractivity contribution in [1.29, 1.82) is 0 Å². The van der Waals surface area contributed by atoms with Gasteiger partial charge in [-0.15, -0.1) is 11.3 Å². The summed E-state index contributed by atoms with van der Waals surface area (Å²) in [5.41, 5.74) is 8.31. The van der Waals surface area contributed by atoms with Crippen LogP contribution < -0.4 is 5.73 Å². The van der Waals surface area contributed by atoms with E-state index in [1.54, 1.807) is 17.4 Å². The van der Waals surface area contributed by atoms with Crippen LogP contribution >= 0.6 is 27.3 Å². The molecular formula is C23H35BrN2O4S. The molecule has 6 nitrogen and oxygen atoms in total. The SMILES string of the molecule is C=C/C=C(\C)CC(C)OC(=O)C[C@H](N)C[C@H](C)c1csc(CC(/C=C(\C)Br)OOC)n1. The maximum Gasteiger partial charge on any atom is 0.307 e. The molecule has 1 heterocycles. The molecule has 0 radical (unpaired) electrons. The Balaban J connectivity index is 2.54. The van der Waals surface area contributed by atoms with E-state index in [1.165, 1.54) is 7.11 Å². The van der Waals surface area contributed by atoms with Crippen LogP contribution in [0.15, 0.2) is 40.2 Å². The van der Waals surface area contributed by atoms with Crippen molar-refractivity contribution in [3.05, 3.63) is 50.9 Å². The molecule has 0 amide bonds. The van der Waals surface area contributed by atoms with Gasteiger partial charge in [-0.3, -0.25) is 4.79 Å². The van der Waals surface area contributed by atoms with Gasteiger partial charge < -0.3 is 10.5 Å². The van der Waals surface area contributed by atoms with Gasteiger partial charge in [0, 0.05) is 30.2 Å². The standard InChI is InChI=1S/C23H35BrN2O4S/c1-7-8-15(2)9-18(5)29-23(27)12-19(25)10-16(3)21-14-31-22(26-21)13-20(30-28-6)11-17(4)24/h7-8,11,14,16,18-20H,1,9-10,12-13,25H2,2-6H3/b15-8+,17-11+/t16-,18?,19+,20?/m0/s1. The Kier molecular flexibility index (Phi) is 13.1. The van der Waals surface area contributed by atoms with E-state index < -0.39 is 0 Å².